The highest BCUT2D eigenvalue weighted by molar-refractivity contribution is 6.15. The van der Waals surface area contributed by atoms with Gasteiger partial charge < -0.3 is 18.3 Å². The van der Waals surface area contributed by atoms with Crippen LogP contribution in [0.1, 0.15) is 0 Å². The monoisotopic (exact) mass is 1270 g/mol. The smallest absolute Gasteiger partial charge is 0.160 e. The highest BCUT2D eigenvalue weighted by Crippen LogP contribution is 2.43. The summed E-state index contributed by atoms with van der Waals surface area (Å²) in [5.41, 5.74) is 27.3. The van der Waals surface area contributed by atoms with Gasteiger partial charge in [-0.3, -0.25) is 0 Å². The summed E-state index contributed by atoms with van der Waals surface area (Å²) in [6.45, 7) is 0. The van der Waals surface area contributed by atoms with E-state index in [4.69, 9.17) is 9.97 Å². The number of benzene rings is 15. The van der Waals surface area contributed by atoms with Crippen LogP contribution in [-0.2, 0) is 0 Å². The van der Waals surface area contributed by atoms with Gasteiger partial charge in [0, 0.05) is 82.5 Å². The van der Waals surface area contributed by atoms with E-state index < -0.39 is 0 Å². The van der Waals surface area contributed by atoms with Crippen molar-refractivity contribution in [2.75, 3.05) is 0 Å². The minimum Gasteiger partial charge on any atom is -0.309 e. The molecule has 0 amide bonds. The lowest BCUT2D eigenvalue weighted by Gasteiger charge is -2.14. The Bertz CT molecular complexity index is 6310. The van der Waals surface area contributed by atoms with Crippen LogP contribution in [0.5, 0.6) is 0 Å². The van der Waals surface area contributed by atoms with Crippen molar-refractivity contribution in [1.82, 2.24) is 28.2 Å². The fourth-order valence-electron chi connectivity index (χ4n) is 15.7. The second-order valence-electron chi connectivity index (χ2n) is 26.1. The highest BCUT2D eigenvalue weighted by Gasteiger charge is 2.22. The first-order valence-corrected chi connectivity index (χ1v) is 34.2. The molecule has 0 atom stereocenters. The van der Waals surface area contributed by atoms with Crippen molar-refractivity contribution in [3.63, 3.8) is 0 Å². The maximum Gasteiger partial charge on any atom is 0.160 e. The predicted octanol–water partition coefficient (Wildman–Crippen LogP) is 24.5. The molecule has 0 aliphatic carbocycles. The Kier molecular flexibility index (Phi) is 13.2. The Morgan fingerprint density at radius 2 is 0.440 bits per heavy atom. The molecule has 0 spiro atoms. The number of hydrogen-bond donors (Lipinski definition) is 0. The molecule has 0 aliphatic rings. The molecule has 20 rings (SSSR count). The summed E-state index contributed by atoms with van der Waals surface area (Å²) in [4.78, 5) is 11.2. The summed E-state index contributed by atoms with van der Waals surface area (Å²) in [5.74, 6) is 0.631. The van der Waals surface area contributed by atoms with Gasteiger partial charge in [-0.2, -0.15) is 0 Å². The lowest BCUT2D eigenvalue weighted by Crippen LogP contribution is -1.99. The Balaban J connectivity index is 0.728. The zero-order valence-electron chi connectivity index (χ0n) is 54.3. The summed E-state index contributed by atoms with van der Waals surface area (Å²) in [6, 6.07) is 132. The van der Waals surface area contributed by atoms with E-state index in [1.54, 1.807) is 0 Å². The standard InChI is InChI=1S/C94H60N6/c1-4-22-61(23-5-1)62-24-18-25-63(52-62)64-26-19-27-69(53-64)84-60-85(70-28-20-34-74(54-70)99-86-40-14-10-36-76(86)80-48-44-67(58-92(80)99)65-46-50-90-82(56-65)78-38-12-16-42-88(78)97(90)72-30-6-2-7-31-72)96-94(95-84)71-29-21-35-75(55-71)100-87-41-15-11-37-77(87)81-49-45-68(59-93(81)100)66-47-51-91-83(57-66)79-39-13-17-43-89(79)98(91)73-32-8-3-9-33-73/h1-60H. The molecular weight excluding hydrogens is 1210 g/mol. The molecule has 6 nitrogen and oxygen atoms in total. The fraction of sp³-hybridized carbons (Fsp3) is 0. The number of para-hydroxylation sites is 6. The van der Waals surface area contributed by atoms with E-state index in [0.717, 1.165) is 106 Å². The summed E-state index contributed by atoms with van der Waals surface area (Å²) in [6.07, 6.45) is 0. The summed E-state index contributed by atoms with van der Waals surface area (Å²) in [7, 11) is 0. The van der Waals surface area contributed by atoms with E-state index in [1.807, 2.05) is 0 Å². The molecule has 100 heavy (non-hydrogen) atoms. The lowest BCUT2D eigenvalue weighted by atomic mass is 9.97. The van der Waals surface area contributed by atoms with Gasteiger partial charge in [0.2, 0.25) is 0 Å². The van der Waals surface area contributed by atoms with Crippen molar-refractivity contribution in [2.45, 2.75) is 0 Å². The maximum absolute atomic E-state index is 5.63. The SMILES string of the molecule is c1ccc(-c2cccc(-c3cccc(-c4cc(-c5cccc(-n6c7ccccc7c7ccc(-c8ccc9c(c8)c8ccccc8n9-c8ccccc8)cc76)c5)nc(-c5cccc(-n6c7ccccc7c7ccc(-c8ccc9c(c8)c8ccccc8n9-c8ccccc8)cc76)c5)n4)c3)c2)cc1. The van der Waals surface area contributed by atoms with E-state index >= 15 is 0 Å². The number of aromatic nitrogens is 6. The van der Waals surface area contributed by atoms with Gasteiger partial charge in [-0.05, 0) is 172 Å². The molecule has 0 saturated carbocycles. The second kappa shape index (κ2) is 23.2. The fourth-order valence-corrected chi connectivity index (χ4v) is 15.7. The summed E-state index contributed by atoms with van der Waals surface area (Å²) >= 11 is 0. The van der Waals surface area contributed by atoms with Gasteiger partial charge in [0.1, 0.15) is 0 Å². The van der Waals surface area contributed by atoms with Crippen LogP contribution < -0.4 is 0 Å². The summed E-state index contributed by atoms with van der Waals surface area (Å²) in [5, 5.41) is 9.66. The molecule has 5 aromatic heterocycles. The molecule has 0 radical (unpaired) electrons. The van der Waals surface area contributed by atoms with Crippen LogP contribution in [-0.4, -0.2) is 28.2 Å². The van der Waals surface area contributed by atoms with Crippen molar-refractivity contribution in [3.05, 3.63) is 364 Å². The average Bonchev–Trinajstić information content (AvgIpc) is 1.58. The largest absolute Gasteiger partial charge is 0.309 e. The minimum absolute atomic E-state index is 0.631. The van der Waals surface area contributed by atoms with Crippen LogP contribution in [0.2, 0.25) is 0 Å². The van der Waals surface area contributed by atoms with E-state index in [2.05, 4.69) is 382 Å². The third kappa shape index (κ3) is 9.41. The second-order valence-corrected chi connectivity index (χ2v) is 26.1. The molecule has 0 fully saturated rings. The molecule has 6 heteroatoms. The summed E-state index contributed by atoms with van der Waals surface area (Å²) < 4.78 is 9.60. The van der Waals surface area contributed by atoms with E-state index in [-0.39, 0.29) is 0 Å². The zero-order chi connectivity index (χ0) is 65.8. The molecule has 5 heterocycles. The molecule has 20 aromatic rings. The van der Waals surface area contributed by atoms with Gasteiger partial charge in [0.25, 0.3) is 0 Å². The van der Waals surface area contributed by atoms with Crippen molar-refractivity contribution in [3.8, 4) is 101 Å². The average molecular weight is 1270 g/mol. The number of fused-ring (bicyclic) bond motifs is 12. The van der Waals surface area contributed by atoms with E-state index in [1.165, 1.54) is 76.3 Å². The van der Waals surface area contributed by atoms with Crippen LogP contribution >= 0.6 is 0 Å². The van der Waals surface area contributed by atoms with Crippen molar-refractivity contribution < 1.29 is 0 Å². The van der Waals surface area contributed by atoms with Crippen molar-refractivity contribution >= 4 is 87.2 Å². The molecule has 0 N–H and O–H groups in total. The third-order valence-corrected chi connectivity index (χ3v) is 20.3. The third-order valence-electron chi connectivity index (χ3n) is 20.3. The first-order valence-electron chi connectivity index (χ1n) is 34.2. The van der Waals surface area contributed by atoms with Gasteiger partial charge in [-0.15, -0.1) is 0 Å². The lowest BCUT2D eigenvalue weighted by molar-refractivity contribution is 1.15. The Hall–Kier alpha value is -13.4. The number of nitrogens with zero attached hydrogens (tertiary/aromatic N) is 6. The van der Waals surface area contributed by atoms with E-state index in [0.29, 0.717) is 5.82 Å². The molecule has 0 bridgehead atoms. The maximum atomic E-state index is 5.63. The first-order chi connectivity index (χ1) is 49.6. The predicted molar refractivity (Wildman–Crippen MR) is 417 cm³/mol. The van der Waals surface area contributed by atoms with Crippen molar-refractivity contribution in [1.29, 1.82) is 0 Å². The van der Waals surface area contributed by atoms with Crippen molar-refractivity contribution in [2.24, 2.45) is 0 Å². The first kappa shape index (κ1) is 56.9. The zero-order valence-corrected chi connectivity index (χ0v) is 54.3. The van der Waals surface area contributed by atoms with Crippen LogP contribution in [0.15, 0.2) is 364 Å². The Labute approximate surface area is 577 Å². The van der Waals surface area contributed by atoms with Crippen LogP contribution in [0.25, 0.3) is 188 Å². The highest BCUT2D eigenvalue weighted by atomic mass is 15.0. The molecule has 0 unspecified atom stereocenters. The van der Waals surface area contributed by atoms with Gasteiger partial charge in [-0.25, -0.2) is 9.97 Å². The minimum atomic E-state index is 0.631. The topological polar surface area (TPSA) is 45.5 Å². The van der Waals surface area contributed by atoms with E-state index in [9.17, 15) is 0 Å². The molecule has 15 aromatic carbocycles. The molecule has 466 valence electrons. The number of rotatable bonds is 11. The molecular formula is C94H60N6. The van der Waals surface area contributed by atoms with Crippen LogP contribution in [0.4, 0.5) is 0 Å². The van der Waals surface area contributed by atoms with Gasteiger partial charge in [-0.1, -0.05) is 237 Å². The molecule has 0 aliphatic heterocycles. The van der Waals surface area contributed by atoms with Gasteiger partial charge >= 0.3 is 0 Å². The Morgan fingerprint density at radius 3 is 0.920 bits per heavy atom. The Morgan fingerprint density at radius 1 is 0.150 bits per heavy atom. The van der Waals surface area contributed by atoms with Crippen LogP contribution in [0.3, 0.4) is 0 Å². The number of hydrogen-bond acceptors (Lipinski definition) is 2. The van der Waals surface area contributed by atoms with Gasteiger partial charge in [0.15, 0.2) is 5.82 Å². The van der Waals surface area contributed by atoms with Crippen LogP contribution in [0, 0.1) is 0 Å². The van der Waals surface area contributed by atoms with Gasteiger partial charge in [0.05, 0.1) is 55.5 Å². The molecule has 0 saturated heterocycles. The quantitative estimate of drug-likeness (QED) is 0.130. The normalized spacial score (nSPS) is 11.8.